The molecule has 0 N–H and O–H groups in total. The van der Waals surface area contributed by atoms with Crippen LogP contribution >= 0.6 is 11.6 Å². The number of amides is 1. The Kier molecular flexibility index (Phi) is 6.01. The highest BCUT2D eigenvalue weighted by Gasteiger charge is 2.11. The molecule has 0 bridgehead atoms. The summed E-state index contributed by atoms with van der Waals surface area (Å²) in [5.74, 6) is 1.40. The minimum atomic E-state index is 0.125. The first-order chi connectivity index (χ1) is 10.6. The van der Waals surface area contributed by atoms with Crippen LogP contribution in [0.3, 0.4) is 0 Å². The van der Waals surface area contributed by atoms with Gasteiger partial charge in [0.15, 0.2) is 11.7 Å². The van der Waals surface area contributed by atoms with Crippen LogP contribution in [0, 0.1) is 0 Å². The van der Waals surface area contributed by atoms with Gasteiger partial charge in [-0.2, -0.15) is 0 Å². The summed E-state index contributed by atoms with van der Waals surface area (Å²) in [5.41, 5.74) is 0.926. The minimum Gasteiger partial charge on any atom is -0.441 e. The second kappa shape index (κ2) is 7.99. The zero-order chi connectivity index (χ0) is 15.9. The van der Waals surface area contributed by atoms with Crippen LogP contribution in [0.15, 0.2) is 34.9 Å². The van der Waals surface area contributed by atoms with Gasteiger partial charge < -0.3 is 9.32 Å². The van der Waals surface area contributed by atoms with Crippen LogP contribution in [0.25, 0.3) is 11.3 Å². The van der Waals surface area contributed by atoms with Crippen molar-refractivity contribution in [3.05, 3.63) is 41.4 Å². The number of benzene rings is 1. The maximum Gasteiger partial charge on any atom is 0.222 e. The average Bonchev–Trinajstić information content (AvgIpc) is 2.99. The molecule has 1 aromatic heterocycles. The van der Waals surface area contributed by atoms with Crippen LogP contribution < -0.4 is 0 Å². The summed E-state index contributed by atoms with van der Waals surface area (Å²) in [6.07, 6.45) is 4.73. The van der Waals surface area contributed by atoms with Crippen molar-refractivity contribution >= 4 is 17.5 Å². The van der Waals surface area contributed by atoms with Gasteiger partial charge in [-0.3, -0.25) is 4.79 Å². The minimum absolute atomic E-state index is 0.125. The van der Waals surface area contributed by atoms with E-state index < -0.39 is 0 Å². The molecule has 0 fully saturated rings. The van der Waals surface area contributed by atoms with Crippen molar-refractivity contribution in [3.8, 4) is 11.3 Å². The zero-order valence-corrected chi connectivity index (χ0v) is 13.8. The summed E-state index contributed by atoms with van der Waals surface area (Å²) >= 11 is 5.87. The molecule has 2 aromatic rings. The molecule has 0 aliphatic rings. The number of carbonyl (C=O) groups excluding carboxylic acids is 1. The van der Waals surface area contributed by atoms with Gasteiger partial charge in [0.25, 0.3) is 0 Å². The number of nitrogens with zero attached hydrogens (tertiary/aromatic N) is 2. The van der Waals surface area contributed by atoms with Crippen molar-refractivity contribution in [2.75, 3.05) is 13.6 Å². The van der Waals surface area contributed by atoms with Crippen molar-refractivity contribution in [2.45, 2.75) is 32.6 Å². The van der Waals surface area contributed by atoms with E-state index in [2.05, 4.69) is 11.9 Å². The van der Waals surface area contributed by atoms with Gasteiger partial charge >= 0.3 is 0 Å². The Labute approximate surface area is 136 Å². The Balaban J connectivity index is 1.89. The fourth-order valence-electron chi connectivity index (χ4n) is 2.10. The number of rotatable bonds is 7. The molecule has 5 heteroatoms. The molecule has 0 aliphatic carbocycles. The number of aryl methyl sites for hydroxylation is 1. The van der Waals surface area contributed by atoms with Gasteiger partial charge in [-0.05, 0) is 30.7 Å². The standard InChI is InChI=1S/C17H21ClN2O2/c1-3-4-11-20(2)17(21)10-9-16-19-12-15(22-16)13-5-7-14(18)8-6-13/h5-8,12H,3-4,9-11H2,1-2H3. The highest BCUT2D eigenvalue weighted by Crippen LogP contribution is 2.22. The molecule has 22 heavy (non-hydrogen) atoms. The highest BCUT2D eigenvalue weighted by molar-refractivity contribution is 6.30. The first-order valence-corrected chi connectivity index (χ1v) is 7.92. The Bertz CT molecular complexity index is 607. The van der Waals surface area contributed by atoms with Gasteiger partial charge in [0.2, 0.25) is 5.91 Å². The number of oxazole rings is 1. The SMILES string of the molecule is CCCCN(C)C(=O)CCc1ncc(-c2ccc(Cl)cc2)o1. The maximum atomic E-state index is 12.0. The van der Waals surface area contributed by atoms with E-state index >= 15 is 0 Å². The third kappa shape index (κ3) is 4.60. The molecular weight excluding hydrogens is 300 g/mol. The van der Waals surface area contributed by atoms with Crippen LogP contribution in [0.5, 0.6) is 0 Å². The Morgan fingerprint density at radius 1 is 1.32 bits per heavy atom. The molecule has 4 nitrogen and oxygen atoms in total. The van der Waals surface area contributed by atoms with Crippen molar-refractivity contribution < 1.29 is 9.21 Å². The summed E-state index contributed by atoms with van der Waals surface area (Å²) in [7, 11) is 1.84. The largest absolute Gasteiger partial charge is 0.441 e. The summed E-state index contributed by atoms with van der Waals surface area (Å²) in [4.78, 5) is 18.0. The molecule has 0 atom stereocenters. The number of hydrogen-bond acceptors (Lipinski definition) is 3. The molecule has 0 radical (unpaired) electrons. The van der Waals surface area contributed by atoms with E-state index in [4.69, 9.17) is 16.0 Å². The quantitative estimate of drug-likeness (QED) is 0.768. The number of unbranched alkanes of at least 4 members (excludes halogenated alkanes) is 1. The van der Waals surface area contributed by atoms with Gasteiger partial charge in [0.1, 0.15) is 0 Å². The second-order valence-corrected chi connectivity index (χ2v) is 5.73. The lowest BCUT2D eigenvalue weighted by Gasteiger charge is -2.15. The summed E-state index contributed by atoms with van der Waals surface area (Å²) in [6, 6.07) is 7.39. The summed E-state index contributed by atoms with van der Waals surface area (Å²) in [6.45, 7) is 2.92. The predicted octanol–water partition coefficient (Wildman–Crippen LogP) is 4.19. The Hall–Kier alpha value is -1.81. The highest BCUT2D eigenvalue weighted by atomic mass is 35.5. The topological polar surface area (TPSA) is 46.3 Å². The van der Waals surface area contributed by atoms with Crippen LogP contribution in [0.1, 0.15) is 32.1 Å². The van der Waals surface area contributed by atoms with Crippen LogP contribution in [-0.4, -0.2) is 29.4 Å². The molecule has 0 spiro atoms. The van der Waals surface area contributed by atoms with E-state index in [0.717, 1.165) is 24.9 Å². The average molecular weight is 321 g/mol. The molecule has 0 aliphatic heterocycles. The number of carbonyl (C=O) groups is 1. The lowest BCUT2D eigenvalue weighted by Crippen LogP contribution is -2.27. The maximum absolute atomic E-state index is 12.0. The fourth-order valence-corrected chi connectivity index (χ4v) is 2.22. The van der Waals surface area contributed by atoms with E-state index in [1.54, 1.807) is 11.1 Å². The fraction of sp³-hybridized carbons (Fsp3) is 0.412. The Morgan fingerprint density at radius 3 is 2.73 bits per heavy atom. The molecule has 0 saturated heterocycles. The number of halogens is 1. The molecule has 2 rings (SSSR count). The first-order valence-electron chi connectivity index (χ1n) is 7.54. The van der Waals surface area contributed by atoms with Crippen molar-refractivity contribution in [1.29, 1.82) is 0 Å². The third-order valence-electron chi connectivity index (χ3n) is 3.51. The number of aromatic nitrogens is 1. The predicted molar refractivity (Wildman–Crippen MR) is 87.8 cm³/mol. The van der Waals surface area contributed by atoms with Crippen molar-refractivity contribution in [3.63, 3.8) is 0 Å². The van der Waals surface area contributed by atoms with Gasteiger partial charge in [0, 0.05) is 37.0 Å². The van der Waals surface area contributed by atoms with Gasteiger partial charge in [-0.25, -0.2) is 4.98 Å². The van der Waals surface area contributed by atoms with Gasteiger partial charge in [-0.15, -0.1) is 0 Å². The van der Waals surface area contributed by atoms with E-state index in [1.807, 2.05) is 31.3 Å². The second-order valence-electron chi connectivity index (χ2n) is 5.29. The summed E-state index contributed by atoms with van der Waals surface area (Å²) in [5, 5.41) is 0.684. The van der Waals surface area contributed by atoms with Crippen LogP contribution in [-0.2, 0) is 11.2 Å². The van der Waals surface area contributed by atoms with E-state index in [0.29, 0.717) is 29.5 Å². The molecule has 1 heterocycles. The molecular formula is C17H21ClN2O2. The lowest BCUT2D eigenvalue weighted by atomic mass is 10.2. The number of hydrogen-bond donors (Lipinski definition) is 0. The van der Waals surface area contributed by atoms with E-state index in [9.17, 15) is 4.79 Å². The smallest absolute Gasteiger partial charge is 0.222 e. The van der Waals surface area contributed by atoms with Crippen LogP contribution in [0.2, 0.25) is 5.02 Å². The van der Waals surface area contributed by atoms with Crippen molar-refractivity contribution in [2.24, 2.45) is 0 Å². The molecule has 118 valence electrons. The molecule has 0 saturated carbocycles. The summed E-state index contributed by atoms with van der Waals surface area (Å²) < 4.78 is 5.70. The lowest BCUT2D eigenvalue weighted by molar-refractivity contribution is -0.130. The normalized spacial score (nSPS) is 10.7. The van der Waals surface area contributed by atoms with Crippen molar-refractivity contribution in [1.82, 2.24) is 9.88 Å². The molecule has 1 amide bonds. The Morgan fingerprint density at radius 2 is 2.05 bits per heavy atom. The monoisotopic (exact) mass is 320 g/mol. The van der Waals surface area contributed by atoms with Crippen LogP contribution in [0.4, 0.5) is 0 Å². The third-order valence-corrected chi connectivity index (χ3v) is 3.76. The zero-order valence-electron chi connectivity index (χ0n) is 13.0. The van der Waals surface area contributed by atoms with Gasteiger partial charge in [-0.1, -0.05) is 24.9 Å². The molecule has 1 aromatic carbocycles. The first kappa shape index (κ1) is 16.6. The van der Waals surface area contributed by atoms with E-state index in [-0.39, 0.29) is 5.91 Å². The molecule has 0 unspecified atom stereocenters. The van der Waals surface area contributed by atoms with E-state index in [1.165, 1.54) is 0 Å². The van der Waals surface area contributed by atoms with Gasteiger partial charge in [0.05, 0.1) is 6.20 Å².